The van der Waals surface area contributed by atoms with Gasteiger partial charge in [-0.3, -0.25) is 0 Å². The second-order valence-corrected chi connectivity index (χ2v) is 5.69. The standard InChI is InChI=1S/C16H14ClN5/c1-10-19-15-13(6-8-18-15)16(20-10)22-9-7-14(21-22)11-2-4-12(17)5-3-11/h2-5,7,9H,6,8H2,1H3,(H,18,19,20). The number of nitrogens with zero attached hydrogens (tertiary/aromatic N) is 4. The van der Waals surface area contributed by atoms with Crippen LogP contribution in [0, 0.1) is 6.92 Å². The average Bonchev–Trinajstić information content (AvgIpc) is 3.15. The molecular weight excluding hydrogens is 298 g/mol. The molecule has 1 aliphatic heterocycles. The lowest BCUT2D eigenvalue weighted by Gasteiger charge is -2.07. The number of anilines is 1. The summed E-state index contributed by atoms with van der Waals surface area (Å²) in [6, 6.07) is 9.65. The molecule has 2 aromatic heterocycles. The summed E-state index contributed by atoms with van der Waals surface area (Å²) in [5.74, 6) is 2.52. The van der Waals surface area contributed by atoms with Gasteiger partial charge in [0, 0.05) is 28.9 Å². The van der Waals surface area contributed by atoms with Crippen molar-refractivity contribution in [3.8, 4) is 17.1 Å². The number of aromatic nitrogens is 4. The van der Waals surface area contributed by atoms with Gasteiger partial charge in [0.25, 0.3) is 0 Å². The van der Waals surface area contributed by atoms with Crippen LogP contribution in [0.25, 0.3) is 17.1 Å². The second-order valence-electron chi connectivity index (χ2n) is 5.25. The summed E-state index contributed by atoms with van der Waals surface area (Å²) < 4.78 is 1.82. The molecule has 1 aliphatic rings. The van der Waals surface area contributed by atoms with Crippen LogP contribution in [-0.4, -0.2) is 26.3 Å². The number of hydrogen-bond donors (Lipinski definition) is 1. The second kappa shape index (κ2) is 5.10. The van der Waals surface area contributed by atoms with Gasteiger partial charge in [-0.25, -0.2) is 14.6 Å². The minimum Gasteiger partial charge on any atom is -0.369 e. The third-order valence-corrected chi connectivity index (χ3v) is 3.96. The monoisotopic (exact) mass is 311 g/mol. The van der Waals surface area contributed by atoms with Crippen molar-refractivity contribution in [2.75, 3.05) is 11.9 Å². The van der Waals surface area contributed by atoms with Gasteiger partial charge >= 0.3 is 0 Å². The maximum absolute atomic E-state index is 5.93. The highest BCUT2D eigenvalue weighted by Gasteiger charge is 2.19. The van der Waals surface area contributed by atoms with E-state index >= 15 is 0 Å². The van der Waals surface area contributed by atoms with Gasteiger partial charge in [-0.05, 0) is 31.5 Å². The first kappa shape index (κ1) is 13.3. The lowest BCUT2D eigenvalue weighted by atomic mass is 10.2. The summed E-state index contributed by atoms with van der Waals surface area (Å²) in [5.41, 5.74) is 3.05. The van der Waals surface area contributed by atoms with Crippen molar-refractivity contribution in [1.82, 2.24) is 19.7 Å². The summed E-state index contributed by atoms with van der Waals surface area (Å²) in [4.78, 5) is 9.00. The van der Waals surface area contributed by atoms with Crippen molar-refractivity contribution < 1.29 is 0 Å². The number of nitrogens with one attached hydrogen (secondary N) is 1. The largest absolute Gasteiger partial charge is 0.369 e. The lowest BCUT2D eigenvalue weighted by Crippen LogP contribution is -2.06. The molecule has 3 heterocycles. The molecule has 0 radical (unpaired) electrons. The number of benzene rings is 1. The zero-order valence-corrected chi connectivity index (χ0v) is 12.8. The molecule has 0 spiro atoms. The van der Waals surface area contributed by atoms with Crippen molar-refractivity contribution in [2.24, 2.45) is 0 Å². The molecule has 4 rings (SSSR count). The Morgan fingerprint density at radius 1 is 1.14 bits per heavy atom. The van der Waals surface area contributed by atoms with Crippen molar-refractivity contribution in [3.05, 3.63) is 52.9 Å². The normalized spacial score (nSPS) is 13.0. The van der Waals surface area contributed by atoms with Crippen molar-refractivity contribution in [2.45, 2.75) is 13.3 Å². The van der Waals surface area contributed by atoms with Crippen LogP contribution in [0.4, 0.5) is 5.82 Å². The summed E-state index contributed by atoms with van der Waals surface area (Å²) in [6.45, 7) is 2.79. The zero-order valence-electron chi connectivity index (χ0n) is 12.0. The molecule has 5 nitrogen and oxygen atoms in total. The van der Waals surface area contributed by atoms with Crippen molar-refractivity contribution >= 4 is 17.4 Å². The summed E-state index contributed by atoms with van der Waals surface area (Å²) in [7, 11) is 0. The van der Waals surface area contributed by atoms with Gasteiger partial charge in [0.15, 0.2) is 5.82 Å². The van der Waals surface area contributed by atoms with E-state index in [1.165, 1.54) is 0 Å². The molecule has 0 saturated heterocycles. The molecule has 3 aromatic rings. The van der Waals surface area contributed by atoms with E-state index < -0.39 is 0 Å². The fourth-order valence-corrected chi connectivity index (χ4v) is 2.80. The van der Waals surface area contributed by atoms with E-state index in [4.69, 9.17) is 11.6 Å². The van der Waals surface area contributed by atoms with E-state index in [0.29, 0.717) is 0 Å². The van der Waals surface area contributed by atoms with E-state index in [1.807, 2.05) is 48.1 Å². The predicted molar refractivity (Wildman–Crippen MR) is 86.5 cm³/mol. The Hall–Kier alpha value is -2.40. The van der Waals surface area contributed by atoms with E-state index in [9.17, 15) is 0 Å². The molecule has 110 valence electrons. The fourth-order valence-electron chi connectivity index (χ4n) is 2.67. The zero-order chi connectivity index (χ0) is 15.1. The Kier molecular flexibility index (Phi) is 3.08. The Labute approximate surface area is 133 Å². The van der Waals surface area contributed by atoms with E-state index in [-0.39, 0.29) is 0 Å². The molecule has 0 amide bonds. The number of aryl methyl sites for hydroxylation is 1. The first-order valence-corrected chi connectivity index (χ1v) is 7.52. The minimum atomic E-state index is 0.721. The number of fused-ring (bicyclic) bond motifs is 1. The van der Waals surface area contributed by atoms with E-state index in [0.717, 1.165) is 52.3 Å². The molecule has 1 aromatic carbocycles. The number of halogens is 1. The van der Waals surface area contributed by atoms with Gasteiger partial charge in [-0.2, -0.15) is 5.10 Å². The number of hydrogen-bond acceptors (Lipinski definition) is 4. The molecular formula is C16H14ClN5. The summed E-state index contributed by atoms with van der Waals surface area (Å²) >= 11 is 5.93. The van der Waals surface area contributed by atoms with Gasteiger partial charge in [0.2, 0.25) is 0 Å². The van der Waals surface area contributed by atoms with Crippen LogP contribution in [0.5, 0.6) is 0 Å². The maximum Gasteiger partial charge on any atom is 0.162 e. The summed E-state index contributed by atoms with van der Waals surface area (Å²) in [5, 5.41) is 8.66. The SMILES string of the molecule is Cc1nc2c(c(-n3ccc(-c4ccc(Cl)cc4)n3)n1)CCN2. The molecule has 0 unspecified atom stereocenters. The van der Waals surface area contributed by atoms with Gasteiger partial charge < -0.3 is 5.32 Å². The Morgan fingerprint density at radius 3 is 2.77 bits per heavy atom. The van der Waals surface area contributed by atoms with Crippen LogP contribution in [0.3, 0.4) is 0 Å². The molecule has 0 aliphatic carbocycles. The van der Waals surface area contributed by atoms with Crippen molar-refractivity contribution in [1.29, 1.82) is 0 Å². The lowest BCUT2D eigenvalue weighted by molar-refractivity contribution is 0.819. The Bertz CT molecular complexity index is 838. The maximum atomic E-state index is 5.93. The highest BCUT2D eigenvalue weighted by atomic mass is 35.5. The van der Waals surface area contributed by atoms with E-state index in [2.05, 4.69) is 20.4 Å². The van der Waals surface area contributed by atoms with Gasteiger partial charge in [0.1, 0.15) is 11.6 Å². The molecule has 0 atom stereocenters. The number of rotatable bonds is 2. The van der Waals surface area contributed by atoms with Crippen LogP contribution < -0.4 is 5.32 Å². The molecule has 22 heavy (non-hydrogen) atoms. The van der Waals surface area contributed by atoms with Crippen LogP contribution >= 0.6 is 11.6 Å². The van der Waals surface area contributed by atoms with Gasteiger partial charge in [-0.15, -0.1) is 0 Å². The highest BCUT2D eigenvalue weighted by molar-refractivity contribution is 6.30. The Morgan fingerprint density at radius 2 is 1.95 bits per heavy atom. The predicted octanol–water partition coefficient (Wildman–Crippen LogP) is 3.26. The van der Waals surface area contributed by atoms with Crippen LogP contribution in [0.15, 0.2) is 36.5 Å². The quantitative estimate of drug-likeness (QED) is 0.789. The molecule has 0 bridgehead atoms. The topological polar surface area (TPSA) is 55.6 Å². The highest BCUT2D eigenvalue weighted by Crippen LogP contribution is 2.26. The third kappa shape index (κ3) is 2.23. The molecule has 6 heteroatoms. The minimum absolute atomic E-state index is 0.721. The van der Waals surface area contributed by atoms with Gasteiger partial charge in [0.05, 0.1) is 5.69 Å². The summed E-state index contributed by atoms with van der Waals surface area (Å²) in [6.07, 6.45) is 2.85. The third-order valence-electron chi connectivity index (χ3n) is 3.71. The van der Waals surface area contributed by atoms with Crippen LogP contribution in [0.1, 0.15) is 11.4 Å². The van der Waals surface area contributed by atoms with Crippen molar-refractivity contribution in [3.63, 3.8) is 0 Å². The van der Waals surface area contributed by atoms with Crippen LogP contribution in [0.2, 0.25) is 5.02 Å². The average molecular weight is 312 g/mol. The van der Waals surface area contributed by atoms with Crippen LogP contribution in [-0.2, 0) is 6.42 Å². The smallest absolute Gasteiger partial charge is 0.162 e. The fraction of sp³-hybridized carbons (Fsp3) is 0.188. The first-order valence-electron chi connectivity index (χ1n) is 7.14. The first-order chi connectivity index (χ1) is 10.7. The molecule has 0 fully saturated rings. The molecule has 0 saturated carbocycles. The molecule has 1 N–H and O–H groups in total. The Balaban J connectivity index is 1.78. The van der Waals surface area contributed by atoms with Gasteiger partial charge in [-0.1, -0.05) is 23.7 Å². The van der Waals surface area contributed by atoms with E-state index in [1.54, 1.807) is 0 Å².